The van der Waals surface area contributed by atoms with Gasteiger partial charge in [0.25, 0.3) is 0 Å². The van der Waals surface area contributed by atoms with Gasteiger partial charge in [0.15, 0.2) is 0 Å². The van der Waals surface area contributed by atoms with Crippen molar-refractivity contribution in [2.24, 2.45) is 0 Å². The molecule has 0 spiro atoms. The third-order valence-electron chi connectivity index (χ3n) is 4.25. The molecule has 0 aromatic heterocycles. The van der Waals surface area contributed by atoms with Crippen LogP contribution in [0.15, 0.2) is 24.3 Å². The molecular weight excluding hydrogens is 298 g/mol. The lowest BCUT2D eigenvalue weighted by Gasteiger charge is -2.29. The number of benzene rings is 1. The number of nitrogens with zero attached hydrogens (tertiary/aromatic N) is 2. The second kappa shape index (κ2) is 5.65. The molecular formula is C16H17N3O2S. The first-order valence-electron chi connectivity index (χ1n) is 7.26. The van der Waals surface area contributed by atoms with Crippen molar-refractivity contribution in [2.45, 2.75) is 37.1 Å². The highest BCUT2D eigenvalue weighted by atomic mass is 32.2. The first-order chi connectivity index (χ1) is 10.5. The quantitative estimate of drug-likeness (QED) is 0.927. The number of amides is 2. The lowest BCUT2D eigenvalue weighted by Crippen LogP contribution is -2.48. The van der Waals surface area contributed by atoms with E-state index >= 15 is 0 Å². The van der Waals surface area contributed by atoms with Crippen molar-refractivity contribution in [1.29, 1.82) is 5.26 Å². The zero-order valence-electron chi connectivity index (χ0n) is 12.3. The Bertz CT molecular complexity index is 652. The van der Waals surface area contributed by atoms with E-state index in [0.717, 1.165) is 12.0 Å². The molecule has 114 valence electrons. The molecule has 2 aliphatic heterocycles. The van der Waals surface area contributed by atoms with E-state index in [9.17, 15) is 9.59 Å². The van der Waals surface area contributed by atoms with Gasteiger partial charge in [0.1, 0.15) is 6.04 Å². The van der Waals surface area contributed by atoms with Crippen LogP contribution in [0.25, 0.3) is 0 Å². The smallest absolute Gasteiger partial charge is 0.248 e. The van der Waals surface area contributed by atoms with Crippen LogP contribution in [0.5, 0.6) is 0 Å². The fourth-order valence-electron chi connectivity index (χ4n) is 3.04. The van der Waals surface area contributed by atoms with E-state index in [2.05, 4.69) is 11.4 Å². The molecule has 0 unspecified atom stereocenters. The summed E-state index contributed by atoms with van der Waals surface area (Å²) in [5.41, 5.74) is 1.61. The number of carbonyl (C=O) groups excluding carboxylic acids is 2. The van der Waals surface area contributed by atoms with E-state index in [1.165, 1.54) is 0 Å². The maximum absolute atomic E-state index is 12.5. The summed E-state index contributed by atoms with van der Waals surface area (Å²) in [5.74, 6) is 0.567. The van der Waals surface area contributed by atoms with Crippen LogP contribution in [0.4, 0.5) is 5.69 Å². The minimum atomic E-state index is -0.399. The van der Waals surface area contributed by atoms with Crippen LogP contribution in [0, 0.1) is 11.3 Å². The Hall–Kier alpha value is -2.00. The van der Waals surface area contributed by atoms with Gasteiger partial charge in [-0.1, -0.05) is 12.1 Å². The minimum absolute atomic E-state index is 0.0667. The van der Waals surface area contributed by atoms with Crippen molar-refractivity contribution < 1.29 is 9.59 Å². The number of nitrogens with one attached hydrogen (secondary N) is 1. The van der Waals surface area contributed by atoms with Gasteiger partial charge >= 0.3 is 0 Å². The van der Waals surface area contributed by atoms with Crippen LogP contribution < -0.4 is 5.32 Å². The van der Waals surface area contributed by atoms with Gasteiger partial charge in [0.2, 0.25) is 11.8 Å². The highest BCUT2D eigenvalue weighted by molar-refractivity contribution is 8.01. The molecule has 0 bridgehead atoms. The molecule has 3 rings (SSSR count). The van der Waals surface area contributed by atoms with E-state index in [4.69, 9.17) is 5.26 Å². The van der Waals surface area contributed by atoms with Gasteiger partial charge in [-0.25, -0.2) is 0 Å². The first kappa shape index (κ1) is 14.9. The third-order valence-corrected chi connectivity index (χ3v) is 5.76. The molecule has 1 aromatic rings. The van der Waals surface area contributed by atoms with Crippen LogP contribution in [0.1, 0.15) is 25.3 Å². The predicted molar refractivity (Wildman–Crippen MR) is 85.1 cm³/mol. The van der Waals surface area contributed by atoms with Crippen molar-refractivity contribution in [3.05, 3.63) is 29.8 Å². The fraction of sp³-hybridized carbons (Fsp3) is 0.438. The summed E-state index contributed by atoms with van der Waals surface area (Å²) in [7, 11) is 0. The Morgan fingerprint density at radius 1 is 1.50 bits per heavy atom. The van der Waals surface area contributed by atoms with Gasteiger partial charge in [-0.05, 0) is 31.0 Å². The van der Waals surface area contributed by atoms with Crippen molar-refractivity contribution in [3.63, 3.8) is 0 Å². The summed E-state index contributed by atoms with van der Waals surface area (Å²) >= 11 is 1.68. The fourth-order valence-corrected chi connectivity index (χ4v) is 4.47. The van der Waals surface area contributed by atoms with Gasteiger partial charge in [0, 0.05) is 17.9 Å². The molecule has 0 aliphatic carbocycles. The average Bonchev–Trinajstić information content (AvgIpc) is 2.98. The maximum atomic E-state index is 12.5. The van der Waals surface area contributed by atoms with E-state index in [-0.39, 0.29) is 16.7 Å². The molecule has 1 aromatic carbocycles. The maximum Gasteiger partial charge on any atom is 0.248 e. The Morgan fingerprint density at radius 3 is 2.91 bits per heavy atom. The van der Waals surface area contributed by atoms with Crippen LogP contribution >= 0.6 is 11.8 Å². The topological polar surface area (TPSA) is 73.2 Å². The van der Waals surface area contributed by atoms with E-state index in [1.54, 1.807) is 28.8 Å². The number of hydrogen-bond donors (Lipinski definition) is 1. The first-order valence-corrected chi connectivity index (χ1v) is 8.25. The molecule has 6 heteroatoms. The Labute approximate surface area is 133 Å². The van der Waals surface area contributed by atoms with Gasteiger partial charge < -0.3 is 10.2 Å². The molecule has 2 heterocycles. The summed E-state index contributed by atoms with van der Waals surface area (Å²) in [5, 5.41) is 11.5. The third kappa shape index (κ3) is 2.57. The predicted octanol–water partition coefficient (Wildman–Crippen LogP) is 2.15. The van der Waals surface area contributed by atoms with E-state index < -0.39 is 6.04 Å². The van der Waals surface area contributed by atoms with Crippen LogP contribution in [-0.2, 0) is 16.0 Å². The number of thioether (sulfide) groups is 1. The zero-order valence-corrected chi connectivity index (χ0v) is 13.2. The summed E-state index contributed by atoms with van der Waals surface area (Å²) < 4.78 is 0. The summed E-state index contributed by atoms with van der Waals surface area (Å²) in [6, 6.07) is 8.92. The van der Waals surface area contributed by atoms with Crippen LogP contribution in [-0.4, -0.2) is 33.4 Å². The van der Waals surface area contributed by atoms with Crippen molar-refractivity contribution in [2.75, 3.05) is 11.1 Å². The van der Waals surface area contributed by atoms with E-state index in [0.29, 0.717) is 24.3 Å². The number of nitriles is 1. The van der Waals surface area contributed by atoms with E-state index in [1.807, 2.05) is 19.1 Å². The number of fused-ring (bicyclic) bond motifs is 1. The van der Waals surface area contributed by atoms with Gasteiger partial charge in [0.05, 0.1) is 17.4 Å². The van der Waals surface area contributed by atoms with Crippen LogP contribution in [0.2, 0.25) is 0 Å². The van der Waals surface area contributed by atoms with Crippen molar-refractivity contribution in [3.8, 4) is 6.07 Å². The SMILES string of the molecule is C[C@@]12CCC(=O)N1[C@H](C(=O)Nc1ccc(CC#N)cc1)CS2. The molecule has 0 saturated carbocycles. The lowest BCUT2D eigenvalue weighted by atomic mass is 10.1. The molecule has 5 nitrogen and oxygen atoms in total. The van der Waals surface area contributed by atoms with Gasteiger partial charge in [-0.2, -0.15) is 5.26 Å². The molecule has 22 heavy (non-hydrogen) atoms. The average molecular weight is 315 g/mol. The molecule has 2 atom stereocenters. The molecule has 2 fully saturated rings. The summed E-state index contributed by atoms with van der Waals surface area (Å²) in [6.07, 6.45) is 1.69. The molecule has 2 aliphatic rings. The molecule has 1 N–H and O–H groups in total. The number of hydrogen-bond acceptors (Lipinski definition) is 4. The monoisotopic (exact) mass is 315 g/mol. The van der Waals surface area contributed by atoms with Crippen LogP contribution in [0.3, 0.4) is 0 Å². The second-order valence-electron chi connectivity index (χ2n) is 5.79. The normalized spacial score (nSPS) is 26.6. The second-order valence-corrected chi connectivity index (χ2v) is 7.29. The lowest BCUT2D eigenvalue weighted by molar-refractivity contribution is -0.135. The van der Waals surface area contributed by atoms with Gasteiger partial charge in [-0.15, -0.1) is 11.8 Å². The highest BCUT2D eigenvalue weighted by Gasteiger charge is 2.52. The Kier molecular flexibility index (Phi) is 3.83. The summed E-state index contributed by atoms with van der Waals surface area (Å²) in [6.45, 7) is 2.03. The zero-order chi connectivity index (χ0) is 15.7. The standard InChI is InChI=1S/C16H17N3O2S/c1-16-8-6-14(20)19(16)13(10-22-16)15(21)18-12-4-2-11(3-5-12)7-9-17/h2-5,13H,6-8,10H2,1H3,(H,18,21)/t13-,16+/m0/s1. The number of carbonyl (C=O) groups is 2. The molecule has 2 amide bonds. The number of anilines is 1. The van der Waals surface area contributed by atoms with Gasteiger partial charge in [-0.3, -0.25) is 9.59 Å². The minimum Gasteiger partial charge on any atom is -0.324 e. The van der Waals surface area contributed by atoms with Crippen molar-refractivity contribution in [1.82, 2.24) is 4.90 Å². The largest absolute Gasteiger partial charge is 0.324 e. The molecule has 2 saturated heterocycles. The number of rotatable bonds is 3. The molecule has 0 radical (unpaired) electrons. The Balaban J connectivity index is 1.70. The summed E-state index contributed by atoms with van der Waals surface area (Å²) in [4.78, 5) is 26.1. The van der Waals surface area contributed by atoms with Crippen molar-refractivity contribution >= 4 is 29.3 Å². The highest BCUT2D eigenvalue weighted by Crippen LogP contribution is 2.47. The Morgan fingerprint density at radius 2 is 2.23 bits per heavy atom.